The molecule has 38 heavy (non-hydrogen) atoms. The smallest absolute Gasteiger partial charge is 0.406 e. The minimum atomic E-state index is -4.85. The summed E-state index contributed by atoms with van der Waals surface area (Å²) in [4.78, 5) is 26.3. The molecule has 1 saturated carbocycles. The first-order valence-electron chi connectivity index (χ1n) is 11.9. The van der Waals surface area contributed by atoms with Gasteiger partial charge in [-0.1, -0.05) is 24.3 Å². The Bertz CT molecular complexity index is 1180. The zero-order valence-corrected chi connectivity index (χ0v) is 20.0. The van der Waals surface area contributed by atoms with Gasteiger partial charge in [0.05, 0.1) is 11.0 Å². The lowest BCUT2D eigenvalue weighted by atomic mass is 9.94. The first-order chi connectivity index (χ1) is 17.9. The Morgan fingerprint density at radius 2 is 1.66 bits per heavy atom. The van der Waals surface area contributed by atoms with Crippen LogP contribution >= 0.6 is 0 Å². The van der Waals surface area contributed by atoms with Gasteiger partial charge in [-0.2, -0.15) is 13.2 Å². The number of hydrogen-bond acceptors (Lipinski definition) is 4. The van der Waals surface area contributed by atoms with Gasteiger partial charge in [0.1, 0.15) is 11.8 Å². The number of hydrogen-bond donors (Lipinski definition) is 3. The summed E-state index contributed by atoms with van der Waals surface area (Å²) >= 11 is 0. The van der Waals surface area contributed by atoms with Crippen LogP contribution in [0, 0.1) is 0 Å². The van der Waals surface area contributed by atoms with Crippen molar-refractivity contribution in [2.45, 2.75) is 49.7 Å². The lowest BCUT2D eigenvalue weighted by molar-refractivity contribution is -0.274. The number of benzene rings is 2. The first kappa shape index (κ1) is 27.5. The maximum absolute atomic E-state index is 13.3. The molecule has 1 unspecified atom stereocenters. The zero-order valence-electron chi connectivity index (χ0n) is 20.0. The van der Waals surface area contributed by atoms with E-state index in [1.807, 2.05) is 0 Å². The van der Waals surface area contributed by atoms with Crippen LogP contribution in [0.4, 0.5) is 26.3 Å². The van der Waals surface area contributed by atoms with E-state index in [9.17, 15) is 35.9 Å². The Hall–Kier alpha value is -3.54. The number of carbonyl (C=O) groups is 2. The maximum atomic E-state index is 13.3. The molecular formula is C26H25F6N3O3. The van der Waals surface area contributed by atoms with Crippen molar-refractivity contribution in [3.05, 3.63) is 77.0 Å². The predicted octanol–water partition coefficient (Wildman–Crippen LogP) is 4.36. The Balaban J connectivity index is 1.50. The molecule has 2 aromatic rings. The summed E-state index contributed by atoms with van der Waals surface area (Å²) in [5, 5.41) is 8.50. The standard InChI is InChI=1S/C26H25F6N3O3/c27-25(28,29)19-3-1-16(2-4-19)13-21(22(36)34-15-17-9-12-33-14-17)35-23(37)24(10-11-24)18-5-7-20(8-6-18)38-26(30,31)32/h1-8,15,21,33H,9-14H2,(H,34,36)(H,35,37)/b17-15-. The van der Waals surface area contributed by atoms with Crippen molar-refractivity contribution in [3.8, 4) is 5.75 Å². The molecule has 0 aromatic heterocycles. The fraction of sp³-hybridized carbons (Fsp3) is 0.385. The van der Waals surface area contributed by atoms with E-state index in [-0.39, 0.29) is 6.42 Å². The lowest BCUT2D eigenvalue weighted by Crippen LogP contribution is -2.50. The van der Waals surface area contributed by atoms with Crippen LogP contribution in [-0.2, 0) is 27.6 Å². The summed E-state index contributed by atoms with van der Waals surface area (Å²) in [6, 6.07) is 8.19. The van der Waals surface area contributed by atoms with Crippen LogP contribution in [0.2, 0.25) is 0 Å². The van der Waals surface area contributed by atoms with Gasteiger partial charge in [0.2, 0.25) is 11.8 Å². The predicted molar refractivity (Wildman–Crippen MR) is 125 cm³/mol. The third-order valence-corrected chi connectivity index (χ3v) is 6.56. The summed E-state index contributed by atoms with van der Waals surface area (Å²) in [6.45, 7) is 1.37. The SMILES string of the molecule is O=C(N/C=C1/CCNC1)C(Cc1ccc(C(F)(F)F)cc1)NC(=O)C1(c2ccc(OC(F)(F)F)cc2)CC1. The third-order valence-electron chi connectivity index (χ3n) is 6.56. The minimum Gasteiger partial charge on any atom is -0.406 e. The van der Waals surface area contributed by atoms with E-state index in [4.69, 9.17) is 0 Å². The fourth-order valence-corrected chi connectivity index (χ4v) is 4.30. The highest BCUT2D eigenvalue weighted by Gasteiger charge is 2.52. The van der Waals surface area contributed by atoms with Gasteiger partial charge < -0.3 is 20.7 Å². The van der Waals surface area contributed by atoms with Crippen LogP contribution in [-0.4, -0.2) is 37.3 Å². The fourth-order valence-electron chi connectivity index (χ4n) is 4.30. The van der Waals surface area contributed by atoms with Gasteiger partial charge in [-0.15, -0.1) is 13.2 Å². The second-order valence-corrected chi connectivity index (χ2v) is 9.32. The molecule has 1 aliphatic heterocycles. The van der Waals surface area contributed by atoms with Crippen molar-refractivity contribution in [2.24, 2.45) is 0 Å². The van der Waals surface area contributed by atoms with Crippen molar-refractivity contribution < 1.29 is 40.7 Å². The number of halogens is 6. The van der Waals surface area contributed by atoms with Crippen LogP contribution in [0.25, 0.3) is 0 Å². The highest BCUT2D eigenvalue weighted by atomic mass is 19.4. The van der Waals surface area contributed by atoms with Crippen LogP contribution in [0.3, 0.4) is 0 Å². The van der Waals surface area contributed by atoms with E-state index < -0.39 is 47.1 Å². The average molecular weight is 541 g/mol. The quantitative estimate of drug-likeness (QED) is 0.434. The molecule has 6 nitrogen and oxygen atoms in total. The van der Waals surface area contributed by atoms with Crippen LogP contribution in [0.5, 0.6) is 5.75 Å². The van der Waals surface area contributed by atoms with E-state index in [0.29, 0.717) is 30.5 Å². The number of ether oxygens (including phenoxy) is 1. The topological polar surface area (TPSA) is 79.5 Å². The molecule has 0 bridgehead atoms. The van der Waals surface area contributed by atoms with Gasteiger partial charge in [-0.3, -0.25) is 9.59 Å². The summed E-state index contributed by atoms with van der Waals surface area (Å²) in [5.41, 5.74) is -0.0228. The molecule has 2 aliphatic rings. The van der Waals surface area contributed by atoms with Crippen molar-refractivity contribution >= 4 is 11.8 Å². The van der Waals surface area contributed by atoms with Crippen molar-refractivity contribution in [3.63, 3.8) is 0 Å². The van der Waals surface area contributed by atoms with Crippen molar-refractivity contribution in [1.29, 1.82) is 0 Å². The second-order valence-electron chi connectivity index (χ2n) is 9.32. The molecule has 0 radical (unpaired) electrons. The number of alkyl halides is 6. The number of rotatable bonds is 8. The molecule has 2 aromatic carbocycles. The number of amides is 2. The van der Waals surface area contributed by atoms with Crippen molar-refractivity contribution in [1.82, 2.24) is 16.0 Å². The lowest BCUT2D eigenvalue weighted by Gasteiger charge is -2.22. The molecule has 1 heterocycles. The van der Waals surface area contributed by atoms with Crippen LogP contribution < -0.4 is 20.7 Å². The number of nitrogens with one attached hydrogen (secondary N) is 3. The highest BCUT2D eigenvalue weighted by molar-refractivity contribution is 5.95. The van der Waals surface area contributed by atoms with E-state index in [1.54, 1.807) is 6.20 Å². The number of carbonyl (C=O) groups excluding carboxylic acids is 2. The Morgan fingerprint density at radius 3 is 2.18 bits per heavy atom. The Kier molecular flexibility index (Phi) is 7.73. The molecule has 12 heteroatoms. The molecule has 1 atom stereocenters. The van der Waals surface area contributed by atoms with Gasteiger partial charge in [-0.05, 0) is 66.8 Å². The molecule has 1 saturated heterocycles. The maximum Gasteiger partial charge on any atom is 0.573 e. The van der Waals surface area contributed by atoms with Gasteiger partial charge >= 0.3 is 12.5 Å². The highest BCUT2D eigenvalue weighted by Crippen LogP contribution is 2.49. The molecule has 204 valence electrons. The van der Waals surface area contributed by atoms with E-state index in [0.717, 1.165) is 42.8 Å². The molecule has 1 aliphatic carbocycles. The summed E-state index contributed by atoms with van der Waals surface area (Å²) < 4.78 is 80.1. The van der Waals surface area contributed by atoms with Gasteiger partial charge in [0, 0.05) is 19.2 Å². The minimum absolute atomic E-state index is 0.0639. The average Bonchev–Trinajstić information content (AvgIpc) is 3.49. The van der Waals surface area contributed by atoms with Crippen molar-refractivity contribution in [2.75, 3.05) is 13.1 Å². The zero-order chi connectivity index (χ0) is 27.6. The monoisotopic (exact) mass is 541 g/mol. The normalized spacial score (nSPS) is 18.6. The summed E-state index contributed by atoms with van der Waals surface area (Å²) in [5.74, 6) is -1.46. The first-order valence-corrected chi connectivity index (χ1v) is 11.9. The van der Waals surface area contributed by atoms with E-state index in [2.05, 4.69) is 20.7 Å². The van der Waals surface area contributed by atoms with E-state index in [1.165, 1.54) is 24.3 Å². The molecule has 0 spiro atoms. The second kappa shape index (κ2) is 10.7. The molecule has 2 amide bonds. The summed E-state index contributed by atoms with van der Waals surface area (Å²) in [6.07, 6.45) is -6.28. The Labute approximate surface area is 214 Å². The Morgan fingerprint density at radius 1 is 1.00 bits per heavy atom. The van der Waals surface area contributed by atoms with Gasteiger partial charge in [-0.25, -0.2) is 0 Å². The van der Waals surface area contributed by atoms with Gasteiger partial charge in [0.15, 0.2) is 0 Å². The molecule has 2 fully saturated rings. The van der Waals surface area contributed by atoms with E-state index >= 15 is 0 Å². The van der Waals surface area contributed by atoms with Gasteiger partial charge in [0.25, 0.3) is 0 Å². The summed E-state index contributed by atoms with van der Waals surface area (Å²) in [7, 11) is 0. The molecular weight excluding hydrogens is 516 g/mol. The molecule has 3 N–H and O–H groups in total. The largest absolute Gasteiger partial charge is 0.573 e. The van der Waals surface area contributed by atoms with Crippen LogP contribution in [0.15, 0.2) is 60.3 Å². The third kappa shape index (κ3) is 6.85. The molecule has 4 rings (SSSR count). The van der Waals surface area contributed by atoms with Crippen LogP contribution in [0.1, 0.15) is 36.0 Å².